The van der Waals surface area contributed by atoms with Gasteiger partial charge in [0.15, 0.2) is 0 Å². The van der Waals surface area contributed by atoms with Crippen molar-refractivity contribution >= 4 is 28.9 Å². The van der Waals surface area contributed by atoms with E-state index in [-0.39, 0.29) is 0 Å². The second-order valence-corrected chi connectivity index (χ2v) is 9.66. The third kappa shape index (κ3) is 4.00. The summed E-state index contributed by atoms with van der Waals surface area (Å²) in [5.74, 6) is -1.52. The molecule has 0 saturated heterocycles. The molecule has 0 N–H and O–H groups in total. The molecule has 0 spiro atoms. The molecule has 0 bridgehead atoms. The molecule has 2 aromatic rings. The molecule has 0 aromatic heterocycles. The zero-order valence-corrected chi connectivity index (χ0v) is 15.0. The van der Waals surface area contributed by atoms with Gasteiger partial charge in [0.1, 0.15) is 11.5 Å². The number of halogens is 1. The molecule has 21 heavy (non-hydrogen) atoms. The molecule has 2 rings (SSSR count). The lowest BCUT2D eigenvalue weighted by molar-refractivity contribution is 0.496. The molecule has 0 radical (unpaired) electrons. The Morgan fingerprint density at radius 1 is 0.762 bits per heavy atom. The lowest BCUT2D eigenvalue weighted by Gasteiger charge is -2.21. The molecule has 112 valence electrons. The van der Waals surface area contributed by atoms with Crippen LogP contribution in [0.5, 0.6) is 11.5 Å². The number of hydrogen-bond acceptors (Lipinski definition) is 3. The Labute approximate surface area is 136 Å². The van der Waals surface area contributed by atoms with Gasteiger partial charge >= 0.3 is 5.84 Å². The smallest absolute Gasteiger partial charge is 0.384 e. The molecule has 2 aromatic carbocycles. The molecule has 5 heteroatoms. The third-order valence-electron chi connectivity index (χ3n) is 3.22. The van der Waals surface area contributed by atoms with Crippen molar-refractivity contribution < 1.29 is 9.05 Å². The summed E-state index contributed by atoms with van der Waals surface area (Å²) in [4.78, 5) is 0. The van der Waals surface area contributed by atoms with E-state index in [1.54, 1.807) is 0 Å². The first kappa shape index (κ1) is 16.4. The van der Waals surface area contributed by atoms with Gasteiger partial charge in [0.2, 0.25) is 0 Å². The first-order valence-electron chi connectivity index (χ1n) is 6.61. The first-order chi connectivity index (χ1) is 9.80. The largest absolute Gasteiger partial charge is 0.424 e. The molecular formula is C16H18ClO2PS. The molecule has 0 atom stereocenters. The Bertz CT molecular complexity index is 617. The van der Waals surface area contributed by atoms with Gasteiger partial charge in [-0.1, -0.05) is 36.4 Å². The van der Waals surface area contributed by atoms with Crippen LogP contribution in [0.4, 0.5) is 0 Å². The van der Waals surface area contributed by atoms with Gasteiger partial charge in [0.05, 0.1) is 0 Å². The van der Waals surface area contributed by atoms with E-state index >= 15 is 0 Å². The van der Waals surface area contributed by atoms with E-state index in [0.29, 0.717) is 11.5 Å². The number of benzene rings is 2. The highest BCUT2D eigenvalue weighted by Gasteiger charge is 2.22. The van der Waals surface area contributed by atoms with E-state index in [1.165, 1.54) is 0 Å². The fourth-order valence-corrected chi connectivity index (χ4v) is 4.03. The Kier molecular flexibility index (Phi) is 4.98. The SMILES string of the molecule is Cc1cccc(C)c1OP(=S)(Cl)Oc1c(C)cccc1C. The highest BCUT2D eigenvalue weighted by molar-refractivity contribution is 8.22. The Balaban J connectivity index is 2.29. The fraction of sp³-hybridized carbons (Fsp3) is 0.250. The molecule has 0 fully saturated rings. The number of aryl methyl sites for hydroxylation is 4. The zero-order chi connectivity index (χ0) is 15.6. The Morgan fingerprint density at radius 3 is 1.33 bits per heavy atom. The van der Waals surface area contributed by atoms with Crippen molar-refractivity contribution in [3.8, 4) is 11.5 Å². The molecular weight excluding hydrogens is 323 g/mol. The average Bonchev–Trinajstić information content (AvgIpc) is 2.39. The molecule has 0 saturated carbocycles. The maximum atomic E-state index is 6.37. The Hall–Kier alpha value is -1.02. The fourth-order valence-electron chi connectivity index (χ4n) is 2.12. The predicted molar refractivity (Wildman–Crippen MR) is 93.2 cm³/mol. The maximum absolute atomic E-state index is 6.37. The van der Waals surface area contributed by atoms with Gasteiger partial charge in [-0.15, -0.1) is 0 Å². The van der Waals surface area contributed by atoms with E-state index in [2.05, 4.69) is 0 Å². The summed E-state index contributed by atoms with van der Waals surface area (Å²) in [5, 5.41) is 0. The second kappa shape index (κ2) is 6.39. The summed E-state index contributed by atoms with van der Waals surface area (Å²) in [5.41, 5.74) is 3.98. The van der Waals surface area contributed by atoms with Crippen LogP contribution in [0, 0.1) is 27.7 Å². The van der Waals surface area contributed by atoms with Crippen molar-refractivity contribution in [2.75, 3.05) is 0 Å². The highest BCUT2D eigenvalue weighted by Crippen LogP contribution is 2.55. The van der Waals surface area contributed by atoms with Gasteiger partial charge in [-0.3, -0.25) is 0 Å². The summed E-state index contributed by atoms with van der Waals surface area (Å²) in [6, 6.07) is 11.8. The van der Waals surface area contributed by atoms with E-state index < -0.39 is 5.84 Å². The molecule has 0 unspecified atom stereocenters. The predicted octanol–water partition coefficient (Wildman–Crippen LogP) is 5.84. The van der Waals surface area contributed by atoms with Gasteiger partial charge in [-0.05, 0) is 61.2 Å². The van der Waals surface area contributed by atoms with Crippen LogP contribution in [-0.4, -0.2) is 0 Å². The number of rotatable bonds is 4. The number of hydrogen-bond donors (Lipinski definition) is 0. The van der Waals surface area contributed by atoms with Crippen LogP contribution in [-0.2, 0) is 11.8 Å². The monoisotopic (exact) mass is 340 g/mol. The van der Waals surface area contributed by atoms with Gasteiger partial charge < -0.3 is 9.05 Å². The summed E-state index contributed by atoms with van der Waals surface area (Å²) >= 11 is 11.8. The summed E-state index contributed by atoms with van der Waals surface area (Å²) in [7, 11) is 0. The van der Waals surface area contributed by atoms with Crippen LogP contribution in [0.15, 0.2) is 36.4 Å². The van der Waals surface area contributed by atoms with Gasteiger partial charge in [-0.25, -0.2) is 0 Å². The molecule has 0 amide bonds. The van der Waals surface area contributed by atoms with E-state index in [9.17, 15) is 0 Å². The number of para-hydroxylation sites is 2. The lowest BCUT2D eigenvalue weighted by atomic mass is 10.1. The summed E-state index contributed by atoms with van der Waals surface area (Å²) in [6.45, 7) is 7.86. The topological polar surface area (TPSA) is 18.5 Å². The summed E-state index contributed by atoms with van der Waals surface area (Å²) in [6.07, 6.45) is 0. The Morgan fingerprint density at radius 2 is 1.05 bits per heavy atom. The minimum atomic E-state index is -2.94. The van der Waals surface area contributed by atoms with Crippen LogP contribution in [0.3, 0.4) is 0 Å². The lowest BCUT2D eigenvalue weighted by Crippen LogP contribution is -2.00. The highest BCUT2D eigenvalue weighted by atomic mass is 35.7. The van der Waals surface area contributed by atoms with Crippen molar-refractivity contribution in [1.82, 2.24) is 0 Å². The van der Waals surface area contributed by atoms with Crippen LogP contribution in [0.1, 0.15) is 22.3 Å². The minimum Gasteiger partial charge on any atom is -0.424 e. The normalized spacial score (nSPS) is 11.3. The van der Waals surface area contributed by atoms with E-state index in [1.807, 2.05) is 64.1 Å². The second-order valence-electron chi connectivity index (χ2n) is 5.06. The van der Waals surface area contributed by atoms with Crippen LogP contribution >= 0.6 is 17.1 Å². The molecule has 0 aliphatic carbocycles. The molecule has 2 nitrogen and oxygen atoms in total. The average molecular weight is 341 g/mol. The molecule has 0 aliphatic heterocycles. The molecule has 0 heterocycles. The van der Waals surface area contributed by atoms with Crippen LogP contribution < -0.4 is 9.05 Å². The summed E-state index contributed by atoms with van der Waals surface area (Å²) < 4.78 is 11.7. The zero-order valence-electron chi connectivity index (χ0n) is 12.5. The molecule has 0 aliphatic rings. The minimum absolute atomic E-state index is 0.710. The van der Waals surface area contributed by atoms with Crippen LogP contribution in [0.2, 0.25) is 0 Å². The van der Waals surface area contributed by atoms with Crippen molar-refractivity contribution in [2.24, 2.45) is 0 Å². The first-order valence-corrected chi connectivity index (χ1v) is 10.2. The maximum Gasteiger partial charge on any atom is 0.384 e. The van der Waals surface area contributed by atoms with Crippen molar-refractivity contribution in [1.29, 1.82) is 0 Å². The van der Waals surface area contributed by atoms with Gasteiger partial charge in [0.25, 0.3) is 0 Å². The van der Waals surface area contributed by atoms with E-state index in [0.717, 1.165) is 22.3 Å². The standard InChI is InChI=1S/C16H18ClO2PS/c1-11-7-5-8-12(2)15(11)18-20(17,21)19-16-13(3)9-6-10-14(16)4/h5-10H,1-4H3. The van der Waals surface area contributed by atoms with Gasteiger partial charge in [0, 0.05) is 11.8 Å². The van der Waals surface area contributed by atoms with Crippen molar-refractivity contribution in [3.05, 3.63) is 58.7 Å². The van der Waals surface area contributed by atoms with E-state index in [4.69, 9.17) is 32.1 Å². The van der Waals surface area contributed by atoms with Crippen molar-refractivity contribution in [2.45, 2.75) is 27.7 Å². The quantitative estimate of drug-likeness (QED) is 0.651. The van der Waals surface area contributed by atoms with Crippen molar-refractivity contribution in [3.63, 3.8) is 0 Å². The third-order valence-corrected chi connectivity index (χ3v) is 4.88. The van der Waals surface area contributed by atoms with Crippen LogP contribution in [0.25, 0.3) is 0 Å². The van der Waals surface area contributed by atoms with Gasteiger partial charge in [-0.2, -0.15) is 0 Å².